The van der Waals surface area contributed by atoms with Crippen LogP contribution in [-0.4, -0.2) is 22.5 Å². The summed E-state index contributed by atoms with van der Waals surface area (Å²) in [5.41, 5.74) is 0.687. The Kier molecular flexibility index (Phi) is 2.70. The first-order valence-corrected chi connectivity index (χ1v) is 3.83. The van der Waals surface area contributed by atoms with Crippen molar-refractivity contribution in [1.29, 1.82) is 0 Å². The average Bonchev–Trinajstić information content (AvgIpc) is 2.53. The zero-order chi connectivity index (χ0) is 9.14. The maximum atomic E-state index is 10.7. The predicted molar refractivity (Wildman–Crippen MR) is 43.9 cm³/mol. The van der Waals surface area contributed by atoms with Crippen molar-refractivity contribution in [2.45, 2.75) is 13.0 Å². The number of nitrogens with zero attached hydrogens (tertiary/aromatic N) is 2. The number of aromatic nitrogens is 1. The summed E-state index contributed by atoms with van der Waals surface area (Å²) in [4.78, 5) is 12.1. The van der Waals surface area contributed by atoms with Crippen molar-refractivity contribution < 1.29 is 9.32 Å². The van der Waals surface area contributed by atoms with Crippen molar-refractivity contribution in [2.75, 3.05) is 7.05 Å². The third-order valence-electron chi connectivity index (χ3n) is 1.74. The van der Waals surface area contributed by atoms with Crippen molar-refractivity contribution in [3.63, 3.8) is 0 Å². The molecule has 0 aliphatic heterocycles. The zero-order valence-electron chi connectivity index (χ0n) is 6.82. The van der Waals surface area contributed by atoms with Crippen LogP contribution in [0.15, 0.2) is 16.9 Å². The molecule has 1 aromatic heterocycles. The Labute approximate surface area is 75.1 Å². The molecule has 1 heterocycles. The van der Waals surface area contributed by atoms with Crippen LogP contribution in [0.3, 0.4) is 0 Å². The van der Waals surface area contributed by atoms with E-state index in [9.17, 15) is 4.79 Å². The van der Waals surface area contributed by atoms with Gasteiger partial charge < -0.3 is 9.42 Å². The summed E-state index contributed by atoms with van der Waals surface area (Å²) in [6, 6.07) is 1.54. The lowest BCUT2D eigenvalue weighted by Crippen LogP contribution is -2.24. The summed E-state index contributed by atoms with van der Waals surface area (Å²) >= 11 is 5.27. The van der Waals surface area contributed by atoms with Crippen LogP contribution in [0.1, 0.15) is 18.7 Å². The molecule has 0 saturated carbocycles. The molecule has 4 nitrogen and oxygen atoms in total. The zero-order valence-corrected chi connectivity index (χ0v) is 7.58. The molecule has 0 bridgehead atoms. The summed E-state index contributed by atoms with van der Waals surface area (Å²) in [5, 5.41) is 3.18. The highest BCUT2D eigenvalue weighted by molar-refractivity contribution is 6.62. The monoisotopic (exact) mass is 188 g/mol. The molecule has 0 radical (unpaired) electrons. The van der Waals surface area contributed by atoms with Gasteiger partial charge in [-0.15, -0.1) is 0 Å². The first-order valence-electron chi connectivity index (χ1n) is 3.45. The van der Waals surface area contributed by atoms with Crippen molar-refractivity contribution >= 4 is 17.0 Å². The Morgan fingerprint density at radius 1 is 1.83 bits per heavy atom. The van der Waals surface area contributed by atoms with Crippen LogP contribution in [-0.2, 0) is 0 Å². The van der Waals surface area contributed by atoms with Gasteiger partial charge in [0.1, 0.15) is 12.0 Å². The Bertz CT molecular complexity index is 260. The summed E-state index contributed by atoms with van der Waals surface area (Å²) in [5.74, 6) is 0. The number of amides is 1. The molecule has 0 aliphatic rings. The fourth-order valence-electron chi connectivity index (χ4n) is 0.788. The lowest BCUT2D eigenvalue weighted by atomic mass is 10.2. The number of carbonyl (C=O) groups excluding carboxylic acids is 1. The molecule has 0 saturated heterocycles. The molecule has 0 N–H and O–H groups in total. The average molecular weight is 189 g/mol. The smallest absolute Gasteiger partial charge is 0.316 e. The minimum Gasteiger partial charge on any atom is -0.364 e. The number of rotatable bonds is 2. The SMILES string of the molecule is CC(c1ccon1)N(C)C(=O)Cl. The lowest BCUT2D eigenvalue weighted by molar-refractivity contribution is 0.216. The molecule has 12 heavy (non-hydrogen) atoms. The first-order chi connectivity index (χ1) is 5.63. The maximum absolute atomic E-state index is 10.7. The second kappa shape index (κ2) is 3.58. The molecule has 1 unspecified atom stereocenters. The highest BCUT2D eigenvalue weighted by Crippen LogP contribution is 2.17. The van der Waals surface area contributed by atoms with Gasteiger partial charge in [-0.3, -0.25) is 4.79 Å². The van der Waals surface area contributed by atoms with Crippen molar-refractivity contribution in [2.24, 2.45) is 0 Å². The molecule has 0 aliphatic carbocycles. The highest BCUT2D eigenvalue weighted by Gasteiger charge is 2.17. The Balaban J connectivity index is 2.71. The number of halogens is 1. The Morgan fingerprint density at radius 2 is 2.50 bits per heavy atom. The third-order valence-corrected chi connectivity index (χ3v) is 2.01. The van der Waals surface area contributed by atoms with Gasteiger partial charge in [0.05, 0.1) is 6.04 Å². The van der Waals surface area contributed by atoms with Gasteiger partial charge in [-0.25, -0.2) is 0 Å². The molecular formula is C7H9ClN2O2. The van der Waals surface area contributed by atoms with Crippen LogP contribution in [0.5, 0.6) is 0 Å². The minimum absolute atomic E-state index is 0.159. The predicted octanol–water partition coefficient (Wildman–Crippen LogP) is 2.03. The van der Waals surface area contributed by atoms with E-state index >= 15 is 0 Å². The normalized spacial score (nSPS) is 12.6. The molecule has 0 aromatic carbocycles. The molecule has 1 atom stereocenters. The largest absolute Gasteiger partial charge is 0.364 e. The van der Waals surface area contributed by atoms with Gasteiger partial charge in [0.25, 0.3) is 0 Å². The van der Waals surface area contributed by atoms with Crippen molar-refractivity contribution in [3.05, 3.63) is 18.0 Å². The van der Waals surface area contributed by atoms with E-state index in [-0.39, 0.29) is 6.04 Å². The van der Waals surface area contributed by atoms with E-state index in [1.807, 2.05) is 6.92 Å². The van der Waals surface area contributed by atoms with Gasteiger partial charge in [-0.1, -0.05) is 5.16 Å². The van der Waals surface area contributed by atoms with Crippen LogP contribution in [0.2, 0.25) is 0 Å². The molecule has 0 fully saturated rings. The molecule has 1 rings (SSSR count). The minimum atomic E-state index is -0.509. The van der Waals surface area contributed by atoms with Crippen molar-refractivity contribution in [3.8, 4) is 0 Å². The van der Waals surface area contributed by atoms with Gasteiger partial charge in [0.2, 0.25) is 0 Å². The molecule has 66 valence electrons. The molecule has 1 aromatic rings. The van der Waals surface area contributed by atoms with E-state index in [0.717, 1.165) is 0 Å². The standard InChI is InChI=1S/C7H9ClN2O2/c1-5(10(2)7(8)11)6-3-4-12-9-6/h3-5H,1-2H3. The first kappa shape index (κ1) is 9.06. The second-order valence-electron chi connectivity index (χ2n) is 2.46. The van der Waals surface area contributed by atoms with Gasteiger partial charge in [0.15, 0.2) is 0 Å². The molecule has 1 amide bonds. The lowest BCUT2D eigenvalue weighted by Gasteiger charge is -2.19. The Hall–Kier alpha value is -1.03. The fraction of sp³-hybridized carbons (Fsp3) is 0.429. The van der Waals surface area contributed by atoms with E-state index < -0.39 is 5.37 Å². The topological polar surface area (TPSA) is 46.3 Å². The van der Waals surface area contributed by atoms with Crippen LogP contribution in [0.4, 0.5) is 4.79 Å². The van der Waals surface area contributed by atoms with Gasteiger partial charge in [-0.2, -0.15) is 0 Å². The molecule has 5 heteroatoms. The van der Waals surface area contributed by atoms with Crippen LogP contribution >= 0.6 is 11.6 Å². The maximum Gasteiger partial charge on any atom is 0.316 e. The number of carbonyl (C=O) groups is 1. The fourth-order valence-corrected chi connectivity index (χ4v) is 0.934. The molecular weight excluding hydrogens is 180 g/mol. The third kappa shape index (κ3) is 1.76. The summed E-state index contributed by atoms with van der Waals surface area (Å²) < 4.78 is 4.63. The van der Waals surface area contributed by atoms with E-state index in [4.69, 9.17) is 11.6 Å². The van der Waals surface area contributed by atoms with Crippen molar-refractivity contribution in [1.82, 2.24) is 10.1 Å². The van der Waals surface area contributed by atoms with E-state index in [0.29, 0.717) is 5.69 Å². The second-order valence-corrected chi connectivity index (χ2v) is 2.79. The summed E-state index contributed by atoms with van der Waals surface area (Å²) in [6.07, 6.45) is 1.46. The summed E-state index contributed by atoms with van der Waals surface area (Å²) in [7, 11) is 1.61. The van der Waals surface area contributed by atoms with Crippen LogP contribution in [0, 0.1) is 0 Å². The van der Waals surface area contributed by atoms with Gasteiger partial charge >= 0.3 is 5.37 Å². The quantitative estimate of drug-likeness (QED) is 0.527. The van der Waals surface area contributed by atoms with Crippen LogP contribution < -0.4 is 0 Å². The molecule has 0 spiro atoms. The highest BCUT2D eigenvalue weighted by atomic mass is 35.5. The number of hydrogen-bond acceptors (Lipinski definition) is 3. The van der Waals surface area contributed by atoms with Gasteiger partial charge in [0, 0.05) is 13.1 Å². The van der Waals surface area contributed by atoms with E-state index in [1.165, 1.54) is 11.2 Å². The van der Waals surface area contributed by atoms with E-state index in [2.05, 4.69) is 9.68 Å². The van der Waals surface area contributed by atoms with Crippen LogP contribution in [0.25, 0.3) is 0 Å². The van der Waals surface area contributed by atoms with Gasteiger partial charge in [-0.05, 0) is 18.5 Å². The summed E-state index contributed by atoms with van der Waals surface area (Å²) in [6.45, 7) is 1.82. The Morgan fingerprint density at radius 3 is 2.92 bits per heavy atom. The number of hydrogen-bond donors (Lipinski definition) is 0. The van der Waals surface area contributed by atoms with E-state index in [1.54, 1.807) is 13.1 Å².